The molecule has 7 heteroatoms. The number of ether oxygens (including phenoxy) is 1. The number of hydrogen-bond acceptors (Lipinski definition) is 4. The van der Waals surface area contributed by atoms with Crippen LogP contribution in [-0.4, -0.2) is 17.1 Å². The number of hydrogen-bond donors (Lipinski definition) is 1. The van der Waals surface area contributed by atoms with Crippen molar-refractivity contribution in [1.29, 1.82) is 0 Å². The topological polar surface area (TPSA) is 63.6 Å². The van der Waals surface area contributed by atoms with Crippen molar-refractivity contribution in [3.05, 3.63) is 93.7 Å². The summed E-state index contributed by atoms with van der Waals surface area (Å²) in [4.78, 5) is 15.8. The molecule has 2 aromatic carbocycles. The molecule has 1 N–H and O–H groups in total. The maximum absolute atomic E-state index is 12.0. The van der Waals surface area contributed by atoms with E-state index in [2.05, 4.69) is 15.5 Å². The maximum Gasteiger partial charge on any atom is 0.274 e. The van der Waals surface area contributed by atoms with Crippen molar-refractivity contribution < 1.29 is 9.53 Å². The number of rotatable bonds is 6. The Hall–Kier alpha value is -2.89. The van der Waals surface area contributed by atoms with Gasteiger partial charge < -0.3 is 4.74 Å². The maximum atomic E-state index is 12.0. The molecule has 1 aromatic heterocycles. The van der Waals surface area contributed by atoms with Crippen LogP contribution in [-0.2, 0) is 6.61 Å². The highest BCUT2D eigenvalue weighted by Crippen LogP contribution is 2.15. The van der Waals surface area contributed by atoms with E-state index in [0.717, 1.165) is 16.9 Å². The van der Waals surface area contributed by atoms with E-state index < -0.39 is 5.91 Å². The molecular weight excluding hydrogens is 385 g/mol. The third-order valence-electron chi connectivity index (χ3n) is 3.58. The zero-order valence-electron chi connectivity index (χ0n) is 14.1. The van der Waals surface area contributed by atoms with Crippen molar-refractivity contribution in [2.75, 3.05) is 0 Å². The number of hydrazone groups is 1. The highest BCUT2D eigenvalue weighted by molar-refractivity contribution is 6.32. The van der Waals surface area contributed by atoms with Gasteiger partial charge in [0.2, 0.25) is 0 Å². The van der Waals surface area contributed by atoms with Crippen LogP contribution in [0.25, 0.3) is 0 Å². The lowest BCUT2D eigenvalue weighted by Crippen LogP contribution is -2.18. The van der Waals surface area contributed by atoms with Crippen LogP contribution < -0.4 is 10.2 Å². The molecular formula is C20H15Cl2N3O2. The van der Waals surface area contributed by atoms with Crippen molar-refractivity contribution in [2.45, 2.75) is 6.61 Å². The molecule has 0 atom stereocenters. The Kier molecular flexibility index (Phi) is 6.41. The van der Waals surface area contributed by atoms with Gasteiger partial charge in [0.1, 0.15) is 17.5 Å². The molecule has 0 aliphatic heterocycles. The molecule has 0 unspecified atom stereocenters. The van der Waals surface area contributed by atoms with Gasteiger partial charge in [0.25, 0.3) is 5.91 Å². The molecule has 27 heavy (non-hydrogen) atoms. The summed E-state index contributed by atoms with van der Waals surface area (Å²) in [5.74, 6) is 0.306. The van der Waals surface area contributed by atoms with E-state index in [1.165, 1.54) is 12.4 Å². The van der Waals surface area contributed by atoms with E-state index in [1.807, 2.05) is 48.5 Å². The molecule has 0 fully saturated rings. The lowest BCUT2D eigenvalue weighted by Gasteiger charge is -2.06. The molecule has 0 saturated heterocycles. The van der Waals surface area contributed by atoms with Gasteiger partial charge in [-0.15, -0.1) is 0 Å². The van der Waals surface area contributed by atoms with Crippen LogP contribution in [0.1, 0.15) is 21.5 Å². The molecule has 1 amide bonds. The first-order chi connectivity index (χ1) is 13.1. The van der Waals surface area contributed by atoms with Crippen LogP contribution in [0.15, 0.2) is 72.0 Å². The molecule has 0 radical (unpaired) electrons. The summed E-state index contributed by atoms with van der Waals surface area (Å²) < 4.78 is 5.72. The molecule has 0 spiro atoms. The summed E-state index contributed by atoms with van der Waals surface area (Å²) in [5, 5.41) is 4.75. The number of nitrogens with one attached hydrogen (secondary N) is 1. The third kappa shape index (κ3) is 5.54. The number of amides is 1. The second-order valence-electron chi connectivity index (χ2n) is 5.53. The molecule has 0 aliphatic rings. The number of halogens is 2. The molecule has 3 rings (SSSR count). The number of nitrogens with zero attached hydrogens (tertiary/aromatic N) is 2. The smallest absolute Gasteiger partial charge is 0.274 e. The minimum absolute atomic E-state index is 0.132. The van der Waals surface area contributed by atoms with E-state index in [0.29, 0.717) is 11.6 Å². The Bertz CT molecular complexity index is 942. The minimum atomic E-state index is -0.424. The molecule has 0 saturated carbocycles. The number of benzene rings is 2. The first-order valence-corrected chi connectivity index (χ1v) is 8.78. The quantitative estimate of drug-likeness (QED) is 0.370. The highest BCUT2D eigenvalue weighted by Gasteiger charge is 2.09. The number of carbonyl (C=O) groups is 1. The summed E-state index contributed by atoms with van der Waals surface area (Å²) in [7, 11) is 0. The molecule has 3 aromatic rings. The summed E-state index contributed by atoms with van der Waals surface area (Å²) in [6.07, 6.45) is 3.05. The number of aromatic nitrogens is 1. The standard InChI is InChI=1S/C20H15Cl2N3O2/c21-16-7-3-15(4-8-16)13-27-17-9-5-14(6-10-17)12-24-25-20(26)18-2-1-11-23-19(18)22/h1-12H,13H2,(H,25,26). The Morgan fingerprint density at radius 3 is 2.52 bits per heavy atom. The van der Waals surface area contributed by atoms with E-state index >= 15 is 0 Å². The number of pyridine rings is 1. The Morgan fingerprint density at radius 2 is 1.81 bits per heavy atom. The van der Waals surface area contributed by atoms with E-state index in [4.69, 9.17) is 27.9 Å². The van der Waals surface area contributed by atoms with Crippen molar-refractivity contribution in [1.82, 2.24) is 10.4 Å². The Balaban J connectivity index is 1.52. The van der Waals surface area contributed by atoms with Crippen molar-refractivity contribution >= 4 is 35.3 Å². The van der Waals surface area contributed by atoms with Gasteiger partial charge >= 0.3 is 0 Å². The second-order valence-corrected chi connectivity index (χ2v) is 6.32. The fraction of sp³-hybridized carbons (Fsp3) is 0.0500. The average Bonchev–Trinajstić information content (AvgIpc) is 2.69. The largest absolute Gasteiger partial charge is 0.489 e. The van der Waals surface area contributed by atoms with Crippen LogP contribution in [0.2, 0.25) is 10.2 Å². The average molecular weight is 400 g/mol. The zero-order chi connectivity index (χ0) is 19.1. The second kappa shape index (κ2) is 9.16. The van der Waals surface area contributed by atoms with Crippen LogP contribution in [0.3, 0.4) is 0 Å². The van der Waals surface area contributed by atoms with Crippen molar-refractivity contribution in [3.63, 3.8) is 0 Å². The van der Waals surface area contributed by atoms with Gasteiger partial charge in [0, 0.05) is 11.2 Å². The van der Waals surface area contributed by atoms with Gasteiger partial charge in [0.15, 0.2) is 0 Å². The van der Waals surface area contributed by atoms with Gasteiger partial charge in [-0.05, 0) is 59.7 Å². The molecule has 5 nitrogen and oxygen atoms in total. The zero-order valence-corrected chi connectivity index (χ0v) is 15.6. The lowest BCUT2D eigenvalue weighted by molar-refractivity contribution is 0.0955. The van der Waals surface area contributed by atoms with E-state index in [-0.39, 0.29) is 10.7 Å². The van der Waals surface area contributed by atoms with Crippen LogP contribution in [0.5, 0.6) is 5.75 Å². The normalized spacial score (nSPS) is 10.7. The molecule has 0 bridgehead atoms. The fourth-order valence-electron chi connectivity index (χ4n) is 2.18. The summed E-state index contributed by atoms with van der Waals surface area (Å²) in [6, 6.07) is 18.0. The fourth-order valence-corrected chi connectivity index (χ4v) is 2.51. The van der Waals surface area contributed by atoms with E-state index in [9.17, 15) is 4.79 Å². The first kappa shape index (κ1) is 18.9. The van der Waals surface area contributed by atoms with Crippen LogP contribution >= 0.6 is 23.2 Å². The van der Waals surface area contributed by atoms with Crippen LogP contribution in [0.4, 0.5) is 0 Å². The van der Waals surface area contributed by atoms with E-state index in [1.54, 1.807) is 12.1 Å². The first-order valence-electron chi connectivity index (χ1n) is 8.03. The lowest BCUT2D eigenvalue weighted by atomic mass is 10.2. The molecule has 136 valence electrons. The summed E-state index contributed by atoms with van der Waals surface area (Å²) in [6.45, 7) is 0.451. The predicted molar refractivity (Wildman–Crippen MR) is 107 cm³/mol. The highest BCUT2D eigenvalue weighted by atomic mass is 35.5. The summed E-state index contributed by atoms with van der Waals surface area (Å²) in [5.41, 5.74) is 4.53. The monoisotopic (exact) mass is 399 g/mol. The Labute approximate surface area is 166 Å². The molecule has 1 heterocycles. The van der Waals surface area contributed by atoms with Gasteiger partial charge in [-0.25, -0.2) is 10.4 Å². The molecule has 0 aliphatic carbocycles. The third-order valence-corrected chi connectivity index (χ3v) is 4.14. The van der Waals surface area contributed by atoms with Gasteiger partial charge in [-0.2, -0.15) is 5.10 Å². The van der Waals surface area contributed by atoms with Crippen LogP contribution in [0, 0.1) is 0 Å². The minimum Gasteiger partial charge on any atom is -0.489 e. The van der Waals surface area contributed by atoms with Gasteiger partial charge in [0.05, 0.1) is 11.8 Å². The van der Waals surface area contributed by atoms with Crippen molar-refractivity contribution in [3.8, 4) is 5.75 Å². The SMILES string of the molecule is O=C(NN=Cc1ccc(OCc2ccc(Cl)cc2)cc1)c1cccnc1Cl. The van der Waals surface area contributed by atoms with Gasteiger partial charge in [-0.3, -0.25) is 4.79 Å². The predicted octanol–water partition coefficient (Wildman–Crippen LogP) is 4.73. The van der Waals surface area contributed by atoms with Crippen molar-refractivity contribution in [2.24, 2.45) is 5.10 Å². The summed E-state index contributed by atoms with van der Waals surface area (Å²) >= 11 is 11.7. The number of carbonyl (C=O) groups excluding carboxylic acids is 1. The Morgan fingerprint density at radius 1 is 1.07 bits per heavy atom. The van der Waals surface area contributed by atoms with Gasteiger partial charge in [-0.1, -0.05) is 35.3 Å².